The number of nitrogens with one attached hydrogen (secondary N) is 1. The maximum atomic E-state index is 12.9. The van der Waals surface area contributed by atoms with Crippen molar-refractivity contribution in [1.82, 2.24) is 5.32 Å². The molecule has 27 heavy (non-hydrogen) atoms. The number of hydrogen-bond donors (Lipinski definition) is 1. The third-order valence-corrected chi connectivity index (χ3v) is 4.77. The van der Waals surface area contributed by atoms with E-state index < -0.39 is 6.09 Å². The van der Waals surface area contributed by atoms with Gasteiger partial charge in [-0.05, 0) is 43.2 Å². The van der Waals surface area contributed by atoms with Gasteiger partial charge in [0.15, 0.2) is 0 Å². The molecule has 1 aliphatic rings. The molecule has 0 bridgehead atoms. The Hall–Kier alpha value is -2.73. The monoisotopic (exact) mass is 387 g/mol. The maximum absolute atomic E-state index is 12.9. The zero-order valence-corrected chi connectivity index (χ0v) is 16.1. The molecule has 0 aromatic heterocycles. The van der Waals surface area contributed by atoms with E-state index in [0.29, 0.717) is 30.2 Å². The number of carbonyl (C=O) groups is 2. The summed E-state index contributed by atoms with van der Waals surface area (Å²) in [6, 6.07) is 13.1. The lowest BCUT2D eigenvalue weighted by molar-refractivity contribution is 0.0994. The van der Waals surface area contributed by atoms with Crippen LogP contribution in [0.3, 0.4) is 0 Å². The fraction of sp³-hybridized carbons (Fsp3) is 0.300. The Balaban J connectivity index is 1.88. The Morgan fingerprint density at radius 1 is 1.11 bits per heavy atom. The zero-order chi connectivity index (χ0) is 19.4. The summed E-state index contributed by atoms with van der Waals surface area (Å²) in [5, 5.41) is 3.01. The number of benzene rings is 2. The van der Waals surface area contributed by atoms with Crippen LogP contribution in [-0.2, 0) is 4.74 Å². The second-order valence-electron chi connectivity index (χ2n) is 6.26. The number of carbonyl (C=O) groups excluding carboxylic acids is 2. The summed E-state index contributed by atoms with van der Waals surface area (Å²) < 4.78 is 5.05. The van der Waals surface area contributed by atoms with Crippen LogP contribution in [0.1, 0.15) is 23.2 Å². The van der Waals surface area contributed by atoms with Crippen LogP contribution in [0.5, 0.6) is 0 Å². The second-order valence-corrected chi connectivity index (χ2v) is 6.70. The molecular weight excluding hydrogens is 366 g/mol. The summed E-state index contributed by atoms with van der Waals surface area (Å²) in [6.45, 7) is 1.01. The van der Waals surface area contributed by atoms with Gasteiger partial charge in [0.1, 0.15) is 0 Å². The van der Waals surface area contributed by atoms with Crippen molar-refractivity contribution >= 4 is 40.7 Å². The van der Waals surface area contributed by atoms with E-state index in [1.807, 2.05) is 30.3 Å². The van der Waals surface area contributed by atoms with Crippen molar-refractivity contribution < 1.29 is 14.3 Å². The number of nitrogens with zero attached hydrogens (tertiary/aromatic N) is 2. The van der Waals surface area contributed by atoms with Crippen molar-refractivity contribution in [2.45, 2.75) is 12.8 Å². The van der Waals surface area contributed by atoms with Crippen LogP contribution in [0.25, 0.3) is 0 Å². The van der Waals surface area contributed by atoms with E-state index >= 15 is 0 Å². The predicted molar refractivity (Wildman–Crippen MR) is 107 cm³/mol. The molecule has 0 radical (unpaired) electrons. The van der Waals surface area contributed by atoms with Crippen molar-refractivity contribution in [1.29, 1.82) is 0 Å². The molecule has 7 heteroatoms. The van der Waals surface area contributed by atoms with Crippen LogP contribution in [0.2, 0.25) is 5.02 Å². The summed E-state index contributed by atoms with van der Waals surface area (Å²) in [5.41, 5.74) is 3.19. The van der Waals surface area contributed by atoms with Crippen molar-refractivity contribution in [3.8, 4) is 0 Å². The maximum Gasteiger partial charge on any atom is 0.406 e. The summed E-state index contributed by atoms with van der Waals surface area (Å²) in [5.74, 6) is -0.0698. The third-order valence-electron chi connectivity index (χ3n) is 4.53. The SMILES string of the molecule is CNC(=O)OCCCCN1c2cc(Cl)ccc2C(=O)N(C)c2ccccc21. The summed E-state index contributed by atoms with van der Waals surface area (Å²) in [4.78, 5) is 27.9. The average Bonchev–Trinajstić information content (AvgIpc) is 2.76. The molecule has 0 fully saturated rings. The van der Waals surface area contributed by atoms with E-state index in [1.165, 1.54) is 7.05 Å². The number of unbranched alkanes of at least 4 members (excludes halogenated alkanes) is 1. The molecule has 2 amide bonds. The first-order valence-corrected chi connectivity index (χ1v) is 9.19. The van der Waals surface area contributed by atoms with Crippen LogP contribution in [0.15, 0.2) is 42.5 Å². The molecule has 142 valence electrons. The number of halogens is 1. The van der Waals surface area contributed by atoms with Gasteiger partial charge in [-0.3, -0.25) is 4.79 Å². The number of alkyl carbamates (subject to hydrolysis) is 1. The van der Waals surface area contributed by atoms with Crippen LogP contribution in [0, 0.1) is 0 Å². The van der Waals surface area contributed by atoms with E-state index in [2.05, 4.69) is 10.2 Å². The number of ether oxygens (including phenoxy) is 1. The van der Waals surface area contributed by atoms with E-state index in [1.54, 1.807) is 24.1 Å². The summed E-state index contributed by atoms with van der Waals surface area (Å²) in [7, 11) is 3.31. The van der Waals surface area contributed by atoms with Gasteiger partial charge in [0.2, 0.25) is 0 Å². The Labute approximate surface area is 163 Å². The number of rotatable bonds is 5. The topological polar surface area (TPSA) is 61.9 Å². The predicted octanol–water partition coefficient (Wildman–Crippen LogP) is 4.20. The van der Waals surface area contributed by atoms with Crippen LogP contribution in [-0.4, -0.2) is 39.2 Å². The lowest BCUT2D eigenvalue weighted by Gasteiger charge is -2.26. The van der Waals surface area contributed by atoms with Gasteiger partial charge >= 0.3 is 6.09 Å². The molecular formula is C20H22ClN3O3. The van der Waals surface area contributed by atoms with Gasteiger partial charge in [-0.15, -0.1) is 0 Å². The fourth-order valence-corrected chi connectivity index (χ4v) is 3.32. The van der Waals surface area contributed by atoms with Crippen LogP contribution >= 0.6 is 11.6 Å². The van der Waals surface area contributed by atoms with E-state index in [-0.39, 0.29) is 5.91 Å². The lowest BCUT2D eigenvalue weighted by atomic mass is 10.1. The molecule has 2 aromatic carbocycles. The minimum Gasteiger partial charge on any atom is -0.450 e. The molecule has 0 saturated heterocycles. The number of anilines is 3. The van der Waals surface area contributed by atoms with Crippen molar-refractivity contribution in [3.05, 3.63) is 53.1 Å². The molecule has 1 aliphatic heterocycles. The Bertz CT molecular complexity index is 856. The van der Waals surface area contributed by atoms with Crippen molar-refractivity contribution in [3.63, 3.8) is 0 Å². The number of amides is 2. The number of para-hydroxylation sites is 2. The molecule has 3 rings (SSSR count). The van der Waals surface area contributed by atoms with Gasteiger partial charge in [0.05, 0.1) is 29.2 Å². The first-order chi connectivity index (χ1) is 13.0. The number of hydrogen-bond acceptors (Lipinski definition) is 4. The van der Waals surface area contributed by atoms with Crippen molar-refractivity contribution in [2.24, 2.45) is 0 Å². The average molecular weight is 388 g/mol. The van der Waals surface area contributed by atoms with Crippen LogP contribution in [0.4, 0.5) is 21.9 Å². The molecule has 1 heterocycles. The van der Waals surface area contributed by atoms with Gasteiger partial charge < -0.3 is 19.9 Å². The molecule has 6 nitrogen and oxygen atoms in total. The highest BCUT2D eigenvalue weighted by molar-refractivity contribution is 6.31. The lowest BCUT2D eigenvalue weighted by Crippen LogP contribution is -2.25. The molecule has 0 unspecified atom stereocenters. The van der Waals surface area contributed by atoms with Crippen molar-refractivity contribution in [2.75, 3.05) is 37.0 Å². The molecule has 0 saturated carbocycles. The Morgan fingerprint density at radius 2 is 1.85 bits per heavy atom. The fourth-order valence-electron chi connectivity index (χ4n) is 3.15. The minimum absolute atomic E-state index is 0.0698. The molecule has 0 atom stereocenters. The van der Waals surface area contributed by atoms with E-state index in [4.69, 9.17) is 16.3 Å². The first-order valence-electron chi connectivity index (χ1n) is 8.81. The number of fused-ring (bicyclic) bond motifs is 2. The molecule has 1 N–H and O–H groups in total. The van der Waals surface area contributed by atoms with Gasteiger partial charge in [-0.2, -0.15) is 0 Å². The minimum atomic E-state index is -0.431. The van der Waals surface area contributed by atoms with Gasteiger partial charge in [0.25, 0.3) is 5.91 Å². The van der Waals surface area contributed by atoms with E-state index in [0.717, 1.165) is 23.5 Å². The normalized spacial score (nSPS) is 12.9. The quantitative estimate of drug-likeness (QED) is 0.781. The zero-order valence-electron chi connectivity index (χ0n) is 15.4. The smallest absolute Gasteiger partial charge is 0.406 e. The van der Waals surface area contributed by atoms with Gasteiger partial charge in [-0.25, -0.2) is 4.79 Å². The highest BCUT2D eigenvalue weighted by Gasteiger charge is 2.28. The molecule has 2 aromatic rings. The Morgan fingerprint density at radius 3 is 2.59 bits per heavy atom. The third kappa shape index (κ3) is 4.01. The molecule has 0 spiro atoms. The van der Waals surface area contributed by atoms with Crippen LogP contribution < -0.4 is 15.1 Å². The van der Waals surface area contributed by atoms with Gasteiger partial charge in [-0.1, -0.05) is 23.7 Å². The highest BCUT2D eigenvalue weighted by Crippen LogP contribution is 2.41. The van der Waals surface area contributed by atoms with E-state index in [9.17, 15) is 9.59 Å². The second kappa shape index (κ2) is 8.31. The van der Waals surface area contributed by atoms with Gasteiger partial charge in [0, 0.05) is 25.7 Å². The standard InChI is InChI=1S/C20H22ClN3O3/c1-22-20(26)27-12-6-5-11-24-17-8-4-3-7-16(17)23(2)19(25)15-10-9-14(21)13-18(15)24/h3-4,7-10,13H,5-6,11-12H2,1-2H3,(H,22,26). The largest absolute Gasteiger partial charge is 0.450 e. The Kier molecular flexibility index (Phi) is 5.86. The first kappa shape index (κ1) is 19.0. The highest BCUT2D eigenvalue weighted by atomic mass is 35.5. The summed E-state index contributed by atoms with van der Waals surface area (Å²) in [6.07, 6.45) is 1.07. The molecule has 0 aliphatic carbocycles. The summed E-state index contributed by atoms with van der Waals surface area (Å²) >= 11 is 6.23.